The number of hydrogen-bond acceptors (Lipinski definition) is 6. The Kier molecular flexibility index (Phi) is 11.9. The maximum absolute atomic E-state index is 11.8. The minimum Gasteiger partial charge on any atom is -0.480 e. The monoisotopic (exact) mass is 412 g/mol. The molecule has 0 radical (unpaired) electrons. The second kappa shape index (κ2) is 13.3. The van der Waals surface area contributed by atoms with E-state index in [9.17, 15) is 14.7 Å². The first-order chi connectivity index (χ1) is 13.7. The first kappa shape index (κ1) is 26.0. The normalized spacial score (nSPS) is 22.2. The zero-order valence-corrected chi connectivity index (χ0v) is 19.5. The Morgan fingerprint density at radius 1 is 0.793 bits per heavy atom. The molecule has 1 heterocycles. The van der Waals surface area contributed by atoms with Crippen molar-refractivity contribution >= 4 is 12.3 Å². The summed E-state index contributed by atoms with van der Waals surface area (Å²) >= 11 is 0. The third-order valence-corrected chi connectivity index (χ3v) is 6.27. The molecule has 1 fully saturated rings. The van der Waals surface area contributed by atoms with Gasteiger partial charge in [-0.3, -0.25) is 24.4 Å². The summed E-state index contributed by atoms with van der Waals surface area (Å²) < 4.78 is 0. The number of carboxylic acids is 1. The Balaban J connectivity index is 3.03. The van der Waals surface area contributed by atoms with E-state index in [-0.39, 0.29) is 6.04 Å². The third kappa shape index (κ3) is 8.70. The van der Waals surface area contributed by atoms with Crippen LogP contribution in [0.25, 0.3) is 0 Å². The van der Waals surface area contributed by atoms with Crippen molar-refractivity contribution in [3.63, 3.8) is 0 Å². The summed E-state index contributed by atoms with van der Waals surface area (Å²) in [5.74, 6) is -0.760. The molecule has 1 rings (SSSR count). The summed E-state index contributed by atoms with van der Waals surface area (Å²) in [6.07, 6.45) is 3.02. The molecule has 0 spiro atoms. The highest BCUT2D eigenvalue weighted by Gasteiger charge is 2.25. The Morgan fingerprint density at radius 3 is 1.48 bits per heavy atom. The van der Waals surface area contributed by atoms with Crippen molar-refractivity contribution < 1.29 is 14.7 Å². The number of nitrogens with zero attached hydrogens (tertiary/aromatic N) is 4. The number of carbonyl (C=O) groups excluding carboxylic acids is 1. The zero-order valence-electron chi connectivity index (χ0n) is 19.5. The predicted octanol–water partition coefficient (Wildman–Crippen LogP) is 1.87. The molecule has 0 bridgehead atoms. The van der Waals surface area contributed by atoms with Crippen molar-refractivity contribution in [2.75, 3.05) is 52.4 Å². The van der Waals surface area contributed by atoms with Crippen molar-refractivity contribution in [3.8, 4) is 0 Å². The van der Waals surface area contributed by atoms with E-state index in [1.807, 2.05) is 0 Å². The Hall–Kier alpha value is -1.02. The zero-order chi connectivity index (χ0) is 22.0. The highest BCUT2D eigenvalue weighted by atomic mass is 16.4. The molecule has 2 unspecified atom stereocenters. The molecule has 170 valence electrons. The van der Waals surface area contributed by atoms with Gasteiger partial charge < -0.3 is 9.90 Å². The minimum atomic E-state index is -0.760. The van der Waals surface area contributed by atoms with Crippen LogP contribution in [0, 0.1) is 0 Å². The number of rotatable bonds is 8. The van der Waals surface area contributed by atoms with Crippen LogP contribution in [0.5, 0.6) is 0 Å². The van der Waals surface area contributed by atoms with Crippen LogP contribution in [0.1, 0.15) is 54.4 Å². The van der Waals surface area contributed by atoms with E-state index in [1.54, 1.807) is 6.92 Å². The van der Waals surface area contributed by atoms with Gasteiger partial charge in [-0.25, -0.2) is 0 Å². The second-order valence-corrected chi connectivity index (χ2v) is 8.84. The van der Waals surface area contributed by atoms with Crippen LogP contribution >= 0.6 is 0 Å². The van der Waals surface area contributed by atoms with Gasteiger partial charge in [-0.2, -0.15) is 0 Å². The fourth-order valence-electron chi connectivity index (χ4n) is 4.02. The number of carboxylic acid groups (broad SMARTS) is 1. The van der Waals surface area contributed by atoms with Crippen LogP contribution in [-0.4, -0.2) is 113 Å². The summed E-state index contributed by atoms with van der Waals surface area (Å²) in [5.41, 5.74) is 0. The summed E-state index contributed by atoms with van der Waals surface area (Å²) in [7, 11) is 0. The second-order valence-electron chi connectivity index (χ2n) is 8.84. The maximum atomic E-state index is 11.8. The summed E-state index contributed by atoms with van der Waals surface area (Å²) in [6, 6.07) is 0.264. The maximum Gasteiger partial charge on any atom is 0.320 e. The molecule has 7 nitrogen and oxygen atoms in total. The van der Waals surface area contributed by atoms with Crippen molar-refractivity contribution in [1.82, 2.24) is 19.6 Å². The van der Waals surface area contributed by atoms with Crippen LogP contribution in [0.4, 0.5) is 0 Å². The first-order valence-corrected chi connectivity index (χ1v) is 11.4. The topological polar surface area (TPSA) is 67.3 Å². The van der Waals surface area contributed by atoms with Gasteiger partial charge >= 0.3 is 5.97 Å². The van der Waals surface area contributed by atoms with Gasteiger partial charge in [0, 0.05) is 64.4 Å². The van der Waals surface area contributed by atoms with Crippen LogP contribution in [0.2, 0.25) is 0 Å². The van der Waals surface area contributed by atoms with Gasteiger partial charge in [-0.15, -0.1) is 0 Å². The first-order valence-electron chi connectivity index (χ1n) is 11.4. The van der Waals surface area contributed by atoms with Crippen LogP contribution in [0.3, 0.4) is 0 Å². The van der Waals surface area contributed by atoms with Crippen molar-refractivity contribution in [2.45, 2.75) is 78.6 Å². The largest absolute Gasteiger partial charge is 0.480 e. The number of carbonyl (C=O) groups is 2. The molecular formula is C22H44N4O3. The molecule has 0 aromatic rings. The molecule has 1 N–H and O–H groups in total. The molecule has 0 aliphatic carbocycles. The highest BCUT2D eigenvalue weighted by molar-refractivity contribution is 5.72. The van der Waals surface area contributed by atoms with E-state index >= 15 is 0 Å². The van der Waals surface area contributed by atoms with Gasteiger partial charge in [0.15, 0.2) is 0 Å². The Morgan fingerprint density at radius 2 is 1.17 bits per heavy atom. The summed E-state index contributed by atoms with van der Waals surface area (Å²) in [5, 5.41) is 9.54. The van der Waals surface area contributed by atoms with Crippen LogP contribution in [-0.2, 0) is 9.59 Å². The highest BCUT2D eigenvalue weighted by Crippen LogP contribution is 2.11. The number of aliphatic carboxylic acids is 1. The lowest BCUT2D eigenvalue weighted by atomic mass is 10.1. The quantitative estimate of drug-likeness (QED) is 0.611. The van der Waals surface area contributed by atoms with Crippen molar-refractivity contribution in [3.05, 3.63) is 0 Å². The van der Waals surface area contributed by atoms with E-state index < -0.39 is 12.0 Å². The van der Waals surface area contributed by atoms with E-state index in [0.29, 0.717) is 12.1 Å². The van der Waals surface area contributed by atoms with Crippen molar-refractivity contribution in [1.29, 1.82) is 0 Å². The van der Waals surface area contributed by atoms with E-state index in [4.69, 9.17) is 0 Å². The summed E-state index contributed by atoms with van der Waals surface area (Å²) in [4.78, 5) is 32.6. The van der Waals surface area contributed by atoms with Gasteiger partial charge in [-0.1, -0.05) is 13.3 Å². The van der Waals surface area contributed by atoms with Crippen LogP contribution in [0.15, 0.2) is 0 Å². The average molecular weight is 413 g/mol. The molecule has 1 aliphatic rings. The number of aldehydes is 1. The van der Waals surface area contributed by atoms with Crippen molar-refractivity contribution in [2.24, 2.45) is 0 Å². The molecular weight excluding hydrogens is 368 g/mol. The molecule has 1 aliphatic heterocycles. The Bertz CT molecular complexity index is 463. The van der Waals surface area contributed by atoms with Gasteiger partial charge in [-0.05, 0) is 41.0 Å². The smallest absolute Gasteiger partial charge is 0.320 e. The standard InChI is InChI=1S/C22H44N4O3/c1-7-8-21(17-27)26-15-11-23(18(2)3)9-13-25(20(6)22(28)29)14-10-24(12-16-26)19(4)5/h17-21H,7-16H2,1-6H3,(H,28,29). The van der Waals surface area contributed by atoms with Gasteiger partial charge in [0.2, 0.25) is 0 Å². The molecule has 7 heteroatoms. The van der Waals surface area contributed by atoms with Crippen LogP contribution < -0.4 is 0 Å². The van der Waals surface area contributed by atoms with E-state index in [0.717, 1.165) is 71.5 Å². The average Bonchev–Trinajstić information content (AvgIpc) is 2.65. The molecule has 0 saturated carbocycles. The molecule has 0 aromatic heterocycles. The minimum absolute atomic E-state index is 0.0190. The fraction of sp³-hybridized carbons (Fsp3) is 0.909. The Labute approximate surface area is 178 Å². The molecule has 0 amide bonds. The summed E-state index contributed by atoms with van der Waals surface area (Å²) in [6.45, 7) is 19.3. The SMILES string of the molecule is CCCC(C=O)N1CCN(C(C)C)CCN(C(C)C(=O)O)CCN(C(C)C)CC1. The van der Waals surface area contributed by atoms with Gasteiger partial charge in [0.25, 0.3) is 0 Å². The molecule has 2 atom stereocenters. The lowest BCUT2D eigenvalue weighted by molar-refractivity contribution is -0.142. The number of hydrogen-bond donors (Lipinski definition) is 1. The third-order valence-electron chi connectivity index (χ3n) is 6.27. The van der Waals surface area contributed by atoms with E-state index in [1.165, 1.54) is 0 Å². The fourth-order valence-corrected chi connectivity index (χ4v) is 4.02. The molecule has 29 heavy (non-hydrogen) atoms. The lowest BCUT2D eigenvalue weighted by Crippen LogP contribution is -2.52. The molecule has 1 saturated heterocycles. The van der Waals surface area contributed by atoms with Gasteiger partial charge in [0.1, 0.15) is 12.3 Å². The lowest BCUT2D eigenvalue weighted by Gasteiger charge is -2.38. The van der Waals surface area contributed by atoms with Gasteiger partial charge in [0.05, 0.1) is 6.04 Å². The van der Waals surface area contributed by atoms with E-state index in [2.05, 4.69) is 54.2 Å². The predicted molar refractivity (Wildman–Crippen MR) is 118 cm³/mol. The molecule has 0 aromatic carbocycles.